The predicted octanol–water partition coefficient (Wildman–Crippen LogP) is 1.73. The minimum Gasteiger partial charge on any atom is -0.393 e. The molecule has 1 heterocycles. The first-order valence-electron chi connectivity index (χ1n) is 7.05. The van der Waals surface area contributed by atoms with Crippen molar-refractivity contribution in [3.05, 3.63) is 11.6 Å². The van der Waals surface area contributed by atoms with Gasteiger partial charge in [0.1, 0.15) is 0 Å². The Morgan fingerprint density at radius 2 is 2.00 bits per heavy atom. The molecule has 0 aromatic rings. The maximum atomic E-state index is 10.4. The van der Waals surface area contributed by atoms with E-state index < -0.39 is 6.10 Å². The molecule has 3 rings (SSSR count). The van der Waals surface area contributed by atoms with Gasteiger partial charge in [-0.2, -0.15) is 0 Å². The van der Waals surface area contributed by atoms with Crippen molar-refractivity contribution in [2.24, 2.45) is 23.7 Å². The van der Waals surface area contributed by atoms with Crippen LogP contribution in [0.1, 0.15) is 34.1 Å². The van der Waals surface area contributed by atoms with E-state index in [4.69, 9.17) is 4.74 Å². The Balaban J connectivity index is 2.06. The highest BCUT2D eigenvalue weighted by atomic mass is 16.5. The summed E-state index contributed by atoms with van der Waals surface area (Å²) in [5.41, 5.74) is 0.920. The largest absolute Gasteiger partial charge is 0.393 e. The van der Waals surface area contributed by atoms with Crippen molar-refractivity contribution in [2.45, 2.75) is 58.0 Å². The first-order valence-corrected chi connectivity index (χ1v) is 7.05. The standard InChI is InChI=1S/C15H24O3/c1-7-5-11(17)13-12-9(7)6-10(16)8(2)14(12)18-15(13,3)4/h5,8-14,16-17H,6H2,1-4H3/t8-,9+,10+,11-,12+,13+,14+/m1/s1. The Bertz CT molecular complexity index is 387. The van der Waals surface area contributed by atoms with E-state index in [-0.39, 0.29) is 29.6 Å². The van der Waals surface area contributed by atoms with Gasteiger partial charge in [-0.3, -0.25) is 0 Å². The maximum absolute atomic E-state index is 10.4. The van der Waals surface area contributed by atoms with E-state index in [0.29, 0.717) is 11.8 Å². The number of hydrogen-bond donors (Lipinski definition) is 2. The Hall–Kier alpha value is -0.380. The molecule has 0 spiro atoms. The Morgan fingerprint density at radius 1 is 1.33 bits per heavy atom. The number of rotatable bonds is 0. The first-order chi connectivity index (χ1) is 8.33. The summed E-state index contributed by atoms with van der Waals surface area (Å²) >= 11 is 0. The van der Waals surface area contributed by atoms with Crippen LogP contribution in [0.25, 0.3) is 0 Å². The molecule has 0 radical (unpaired) electrons. The molecule has 3 aliphatic rings. The van der Waals surface area contributed by atoms with E-state index in [0.717, 1.165) is 6.42 Å². The van der Waals surface area contributed by atoms with Crippen molar-refractivity contribution in [3.63, 3.8) is 0 Å². The average Bonchev–Trinajstić information content (AvgIpc) is 2.54. The van der Waals surface area contributed by atoms with Gasteiger partial charge in [0.25, 0.3) is 0 Å². The summed E-state index contributed by atoms with van der Waals surface area (Å²) in [5, 5.41) is 20.6. The summed E-state index contributed by atoms with van der Waals surface area (Å²) in [6, 6.07) is 0. The van der Waals surface area contributed by atoms with Crippen molar-refractivity contribution in [1.82, 2.24) is 0 Å². The minimum atomic E-state index is -0.409. The number of ether oxygens (including phenoxy) is 1. The molecule has 0 amide bonds. The molecular weight excluding hydrogens is 228 g/mol. The van der Waals surface area contributed by atoms with Crippen LogP contribution < -0.4 is 0 Å². The van der Waals surface area contributed by atoms with E-state index in [9.17, 15) is 10.2 Å². The predicted molar refractivity (Wildman–Crippen MR) is 69.0 cm³/mol. The van der Waals surface area contributed by atoms with Crippen molar-refractivity contribution >= 4 is 0 Å². The van der Waals surface area contributed by atoms with Gasteiger partial charge in [-0.05, 0) is 33.1 Å². The summed E-state index contributed by atoms with van der Waals surface area (Å²) in [5.74, 6) is 1.05. The second kappa shape index (κ2) is 3.81. The fraction of sp³-hybridized carbons (Fsp3) is 0.867. The van der Waals surface area contributed by atoms with Gasteiger partial charge in [0, 0.05) is 17.8 Å². The lowest BCUT2D eigenvalue weighted by molar-refractivity contribution is -0.0978. The monoisotopic (exact) mass is 252 g/mol. The van der Waals surface area contributed by atoms with Gasteiger partial charge in [-0.25, -0.2) is 0 Å². The second-order valence-electron chi connectivity index (χ2n) is 6.96. The lowest BCUT2D eigenvalue weighted by Crippen LogP contribution is -2.49. The van der Waals surface area contributed by atoms with Gasteiger partial charge in [-0.1, -0.05) is 18.6 Å². The molecule has 0 aromatic heterocycles. The zero-order valence-corrected chi connectivity index (χ0v) is 11.6. The van der Waals surface area contributed by atoms with Crippen LogP contribution in [0.15, 0.2) is 11.6 Å². The molecule has 3 heteroatoms. The number of aliphatic hydroxyl groups is 2. The topological polar surface area (TPSA) is 49.7 Å². The van der Waals surface area contributed by atoms with Gasteiger partial charge in [0.15, 0.2) is 0 Å². The van der Waals surface area contributed by atoms with E-state index in [1.54, 1.807) is 0 Å². The molecule has 1 saturated carbocycles. The van der Waals surface area contributed by atoms with Crippen LogP contribution in [-0.2, 0) is 4.74 Å². The highest BCUT2D eigenvalue weighted by molar-refractivity contribution is 5.23. The van der Waals surface area contributed by atoms with Gasteiger partial charge < -0.3 is 14.9 Å². The minimum absolute atomic E-state index is 0.0806. The molecule has 0 bridgehead atoms. The van der Waals surface area contributed by atoms with Crippen LogP contribution in [0.2, 0.25) is 0 Å². The van der Waals surface area contributed by atoms with Crippen molar-refractivity contribution in [3.8, 4) is 0 Å². The zero-order valence-electron chi connectivity index (χ0n) is 11.6. The van der Waals surface area contributed by atoms with Crippen LogP contribution in [0, 0.1) is 23.7 Å². The third-order valence-corrected chi connectivity index (χ3v) is 5.51. The molecule has 2 fully saturated rings. The summed E-state index contributed by atoms with van der Waals surface area (Å²) in [6.07, 6.45) is 2.17. The van der Waals surface area contributed by atoms with Crippen LogP contribution >= 0.6 is 0 Å². The lowest BCUT2D eigenvalue weighted by atomic mass is 9.59. The smallest absolute Gasteiger partial charge is 0.0782 e. The quantitative estimate of drug-likeness (QED) is 0.646. The second-order valence-corrected chi connectivity index (χ2v) is 6.96. The Labute approximate surface area is 109 Å². The zero-order chi connectivity index (χ0) is 13.2. The normalized spacial score (nSPS) is 53.9. The van der Waals surface area contributed by atoms with Crippen molar-refractivity contribution in [1.29, 1.82) is 0 Å². The molecule has 2 aliphatic carbocycles. The number of hydrogen-bond acceptors (Lipinski definition) is 3. The van der Waals surface area contributed by atoms with E-state index in [1.165, 1.54) is 5.57 Å². The van der Waals surface area contributed by atoms with Crippen LogP contribution in [-0.4, -0.2) is 34.1 Å². The SMILES string of the molecule is CC1=C[C@@H](O)[C@H]2[C@H]3[C@@H](OC2(C)C)[C@H](C)[C@@H](O)C[C@@H]13. The van der Waals surface area contributed by atoms with E-state index >= 15 is 0 Å². The van der Waals surface area contributed by atoms with Crippen molar-refractivity contribution in [2.75, 3.05) is 0 Å². The molecule has 7 atom stereocenters. The van der Waals surface area contributed by atoms with Gasteiger partial charge in [-0.15, -0.1) is 0 Å². The van der Waals surface area contributed by atoms with Gasteiger partial charge in [0.05, 0.1) is 23.9 Å². The molecule has 18 heavy (non-hydrogen) atoms. The highest BCUT2D eigenvalue weighted by Gasteiger charge is 2.60. The van der Waals surface area contributed by atoms with E-state index in [1.807, 2.05) is 6.08 Å². The molecular formula is C15H24O3. The third-order valence-electron chi connectivity index (χ3n) is 5.51. The summed E-state index contributed by atoms with van der Waals surface area (Å²) in [7, 11) is 0. The van der Waals surface area contributed by atoms with Crippen LogP contribution in [0.4, 0.5) is 0 Å². The summed E-state index contributed by atoms with van der Waals surface area (Å²) < 4.78 is 6.21. The first kappa shape index (κ1) is 12.6. The Kier molecular flexibility index (Phi) is 2.68. The number of allylic oxidation sites excluding steroid dienone is 1. The maximum Gasteiger partial charge on any atom is 0.0782 e. The molecule has 102 valence electrons. The molecule has 2 N–H and O–H groups in total. The lowest BCUT2D eigenvalue weighted by Gasteiger charge is -2.46. The van der Waals surface area contributed by atoms with Gasteiger partial charge >= 0.3 is 0 Å². The van der Waals surface area contributed by atoms with E-state index in [2.05, 4.69) is 27.7 Å². The van der Waals surface area contributed by atoms with Crippen LogP contribution in [0.5, 0.6) is 0 Å². The average molecular weight is 252 g/mol. The molecule has 0 unspecified atom stereocenters. The van der Waals surface area contributed by atoms with Gasteiger partial charge in [0.2, 0.25) is 0 Å². The van der Waals surface area contributed by atoms with Crippen LogP contribution in [0.3, 0.4) is 0 Å². The summed E-state index contributed by atoms with van der Waals surface area (Å²) in [6.45, 7) is 8.30. The molecule has 1 aliphatic heterocycles. The van der Waals surface area contributed by atoms with Crippen molar-refractivity contribution < 1.29 is 14.9 Å². The highest BCUT2D eigenvalue weighted by Crippen LogP contribution is 2.56. The summed E-state index contributed by atoms with van der Waals surface area (Å²) in [4.78, 5) is 0. The fourth-order valence-electron chi connectivity index (χ4n) is 4.59. The molecule has 0 aromatic carbocycles. The Morgan fingerprint density at radius 3 is 2.67 bits per heavy atom. The fourth-order valence-corrected chi connectivity index (χ4v) is 4.59. The third kappa shape index (κ3) is 1.54. The number of aliphatic hydroxyl groups excluding tert-OH is 2. The molecule has 3 nitrogen and oxygen atoms in total. The molecule has 1 saturated heterocycles.